The van der Waals surface area contributed by atoms with E-state index in [1.54, 1.807) is 17.9 Å². The van der Waals surface area contributed by atoms with Gasteiger partial charge in [-0.15, -0.1) is 0 Å². The summed E-state index contributed by atoms with van der Waals surface area (Å²) in [6.07, 6.45) is 1.61. The lowest BCUT2D eigenvalue weighted by atomic mass is 9.97. The third kappa shape index (κ3) is 3.56. The van der Waals surface area contributed by atoms with Crippen molar-refractivity contribution < 1.29 is 24.2 Å². The molecule has 1 fully saturated rings. The monoisotopic (exact) mass is 359 g/mol. The third-order valence-corrected chi connectivity index (χ3v) is 4.98. The van der Waals surface area contributed by atoms with Crippen LogP contribution in [-0.2, 0) is 16.0 Å². The van der Waals surface area contributed by atoms with E-state index in [1.165, 1.54) is 12.1 Å². The summed E-state index contributed by atoms with van der Waals surface area (Å²) >= 11 is 0. The Bertz CT molecular complexity index is 916. The van der Waals surface area contributed by atoms with E-state index >= 15 is 0 Å². The first-order chi connectivity index (χ1) is 12.4. The molecule has 1 saturated heterocycles. The number of likely N-dealkylation sites (tertiary alicyclic amines) is 1. The smallest absolute Gasteiger partial charge is 0.339 e. The summed E-state index contributed by atoms with van der Waals surface area (Å²) in [5.74, 6) is -1.54. The summed E-state index contributed by atoms with van der Waals surface area (Å²) in [4.78, 5) is 37.4. The topological polar surface area (TPSA) is 108 Å². The number of piperidine rings is 1. The van der Waals surface area contributed by atoms with Crippen LogP contribution in [0, 0.1) is 12.8 Å². The lowest BCUT2D eigenvalue weighted by Crippen LogP contribution is -2.42. The summed E-state index contributed by atoms with van der Waals surface area (Å²) in [7, 11) is 0. The number of fused-ring (bicyclic) bond motifs is 1. The van der Waals surface area contributed by atoms with E-state index in [9.17, 15) is 19.5 Å². The Labute approximate surface area is 149 Å². The fourth-order valence-corrected chi connectivity index (χ4v) is 3.47. The molecule has 1 aromatic heterocycles. The predicted octanol–water partition coefficient (Wildman–Crippen LogP) is 2.06. The van der Waals surface area contributed by atoms with Gasteiger partial charge < -0.3 is 19.5 Å². The van der Waals surface area contributed by atoms with E-state index < -0.39 is 17.5 Å². The fraction of sp³-hybridized carbons (Fsp3) is 0.421. The molecular weight excluding hydrogens is 338 g/mol. The molecule has 3 rings (SSSR count). The van der Waals surface area contributed by atoms with Crippen molar-refractivity contribution in [2.24, 2.45) is 5.92 Å². The molecule has 138 valence electrons. The van der Waals surface area contributed by atoms with Gasteiger partial charge in [0.25, 0.3) is 0 Å². The molecule has 0 unspecified atom stereocenters. The molecule has 0 saturated carbocycles. The van der Waals surface area contributed by atoms with Gasteiger partial charge in [-0.2, -0.15) is 0 Å². The molecule has 1 aliphatic heterocycles. The molecule has 0 bridgehead atoms. The number of carboxylic acid groups (broad SMARTS) is 1. The number of aromatic hydroxyl groups is 1. The van der Waals surface area contributed by atoms with Crippen molar-refractivity contribution in [3.05, 3.63) is 39.7 Å². The Morgan fingerprint density at radius 3 is 2.85 bits per heavy atom. The molecule has 0 spiro atoms. The lowest BCUT2D eigenvalue weighted by Gasteiger charge is -2.30. The van der Waals surface area contributed by atoms with Gasteiger partial charge in [-0.25, -0.2) is 4.79 Å². The molecule has 7 nitrogen and oxygen atoms in total. The zero-order valence-corrected chi connectivity index (χ0v) is 14.5. The Hall–Kier alpha value is -2.83. The van der Waals surface area contributed by atoms with Gasteiger partial charge >= 0.3 is 11.6 Å². The van der Waals surface area contributed by atoms with Crippen LogP contribution in [0.5, 0.6) is 5.75 Å². The number of hydrogen-bond donors (Lipinski definition) is 2. The summed E-state index contributed by atoms with van der Waals surface area (Å²) in [5.41, 5.74) is 0.952. The van der Waals surface area contributed by atoms with Crippen LogP contribution in [-0.4, -0.2) is 40.1 Å². The second-order valence-corrected chi connectivity index (χ2v) is 6.69. The first kappa shape index (κ1) is 18.0. The number of aryl methyl sites for hydroxylation is 1. The highest BCUT2D eigenvalue weighted by Gasteiger charge is 2.28. The predicted molar refractivity (Wildman–Crippen MR) is 94.1 cm³/mol. The Balaban J connectivity index is 1.75. The maximum Gasteiger partial charge on any atom is 0.339 e. The van der Waals surface area contributed by atoms with Crippen LogP contribution in [0.1, 0.15) is 30.4 Å². The highest BCUT2D eigenvalue weighted by molar-refractivity contribution is 5.83. The van der Waals surface area contributed by atoms with E-state index in [1.807, 2.05) is 0 Å². The molecular formula is C19H21NO6. The van der Waals surface area contributed by atoms with Gasteiger partial charge in [0.05, 0.1) is 5.92 Å². The third-order valence-electron chi connectivity index (χ3n) is 4.98. The van der Waals surface area contributed by atoms with E-state index in [-0.39, 0.29) is 31.0 Å². The van der Waals surface area contributed by atoms with Crippen LogP contribution in [0.15, 0.2) is 27.4 Å². The summed E-state index contributed by atoms with van der Waals surface area (Å²) in [6, 6.07) is 4.58. The molecule has 0 radical (unpaired) electrons. The van der Waals surface area contributed by atoms with Crippen LogP contribution < -0.4 is 5.63 Å². The number of phenolic OH excluding ortho intramolecular Hbond substituents is 1. The minimum Gasteiger partial charge on any atom is -0.508 e. The van der Waals surface area contributed by atoms with Crippen LogP contribution >= 0.6 is 0 Å². The van der Waals surface area contributed by atoms with Crippen molar-refractivity contribution in [1.29, 1.82) is 0 Å². The molecule has 7 heteroatoms. The van der Waals surface area contributed by atoms with E-state index in [0.29, 0.717) is 35.9 Å². The number of carbonyl (C=O) groups excluding carboxylic acids is 1. The van der Waals surface area contributed by atoms with E-state index in [0.717, 1.165) is 5.56 Å². The first-order valence-corrected chi connectivity index (χ1v) is 8.62. The first-order valence-electron chi connectivity index (χ1n) is 8.62. The number of carboxylic acids is 1. The minimum absolute atomic E-state index is 0.0149. The van der Waals surface area contributed by atoms with Gasteiger partial charge in [0.15, 0.2) is 0 Å². The van der Waals surface area contributed by atoms with Crippen LogP contribution in [0.3, 0.4) is 0 Å². The molecule has 0 aliphatic carbocycles. The maximum absolute atomic E-state index is 12.4. The van der Waals surface area contributed by atoms with Crippen molar-refractivity contribution in [2.75, 3.05) is 13.1 Å². The number of rotatable bonds is 4. The fourth-order valence-electron chi connectivity index (χ4n) is 3.47. The molecule has 2 heterocycles. The Morgan fingerprint density at radius 2 is 2.12 bits per heavy atom. The lowest BCUT2D eigenvalue weighted by molar-refractivity contribution is -0.145. The highest BCUT2D eigenvalue weighted by atomic mass is 16.4. The van der Waals surface area contributed by atoms with Gasteiger partial charge in [0.1, 0.15) is 11.3 Å². The number of nitrogens with zero attached hydrogens (tertiary/aromatic N) is 1. The molecule has 1 atom stereocenters. The number of amides is 1. The summed E-state index contributed by atoms with van der Waals surface area (Å²) in [5, 5.41) is 19.4. The van der Waals surface area contributed by atoms with Gasteiger partial charge in [-0.3, -0.25) is 9.59 Å². The average Bonchev–Trinajstić information content (AvgIpc) is 2.61. The van der Waals surface area contributed by atoms with Crippen molar-refractivity contribution in [2.45, 2.75) is 32.6 Å². The van der Waals surface area contributed by atoms with Gasteiger partial charge in [-0.1, -0.05) is 0 Å². The van der Waals surface area contributed by atoms with Gasteiger partial charge in [-0.05, 0) is 43.9 Å². The second-order valence-electron chi connectivity index (χ2n) is 6.69. The Kier molecular flexibility index (Phi) is 4.97. The van der Waals surface area contributed by atoms with Crippen molar-refractivity contribution in [1.82, 2.24) is 4.90 Å². The summed E-state index contributed by atoms with van der Waals surface area (Å²) in [6.45, 7) is 2.56. The molecule has 1 amide bonds. The van der Waals surface area contributed by atoms with E-state index in [2.05, 4.69) is 0 Å². The van der Waals surface area contributed by atoms with Gasteiger partial charge in [0.2, 0.25) is 5.91 Å². The Morgan fingerprint density at radius 1 is 1.35 bits per heavy atom. The normalized spacial score (nSPS) is 17.4. The van der Waals surface area contributed by atoms with Crippen LogP contribution in [0.2, 0.25) is 0 Å². The van der Waals surface area contributed by atoms with Gasteiger partial charge in [0, 0.05) is 36.5 Å². The highest BCUT2D eigenvalue weighted by Crippen LogP contribution is 2.24. The van der Waals surface area contributed by atoms with E-state index in [4.69, 9.17) is 9.52 Å². The molecule has 26 heavy (non-hydrogen) atoms. The maximum atomic E-state index is 12.4. The van der Waals surface area contributed by atoms with Crippen LogP contribution in [0.25, 0.3) is 11.0 Å². The largest absolute Gasteiger partial charge is 0.508 e. The number of phenols is 1. The van der Waals surface area contributed by atoms with Crippen LogP contribution in [0.4, 0.5) is 0 Å². The zero-order valence-electron chi connectivity index (χ0n) is 14.5. The number of aliphatic carboxylic acids is 1. The number of hydrogen-bond acceptors (Lipinski definition) is 5. The average molecular weight is 359 g/mol. The SMILES string of the molecule is Cc1c(CCC(=O)N2CCC[C@@H](C(=O)O)C2)c(=O)oc2cc(O)ccc12. The molecule has 1 aromatic carbocycles. The number of benzene rings is 1. The van der Waals surface area contributed by atoms with Crippen molar-refractivity contribution in [3.8, 4) is 5.75 Å². The van der Waals surface area contributed by atoms with Crippen molar-refractivity contribution in [3.63, 3.8) is 0 Å². The van der Waals surface area contributed by atoms with Crippen molar-refractivity contribution >= 4 is 22.8 Å². The summed E-state index contributed by atoms with van der Waals surface area (Å²) < 4.78 is 5.26. The quantitative estimate of drug-likeness (QED) is 0.809. The number of carbonyl (C=O) groups is 2. The molecule has 2 N–H and O–H groups in total. The zero-order chi connectivity index (χ0) is 18.8. The molecule has 1 aliphatic rings. The second kappa shape index (κ2) is 7.19. The minimum atomic E-state index is -0.878. The molecule has 2 aromatic rings. The standard InChI is InChI=1S/C19H21NO6/c1-11-14-5-4-13(21)9-16(14)26-19(25)15(11)6-7-17(22)20-8-2-3-12(10-20)18(23)24/h4-5,9,12,21H,2-3,6-8,10H2,1H3,(H,23,24)/t12-/m1/s1.